The number of nitrogens with one attached hydrogen (secondary N) is 2. The van der Waals surface area contributed by atoms with E-state index in [4.69, 9.17) is 32.7 Å². The molecule has 1 saturated carbocycles. The Morgan fingerprint density at radius 3 is 2.82 bits per heavy atom. The van der Waals surface area contributed by atoms with E-state index in [-0.39, 0.29) is 37.1 Å². The SMILES string of the molecule is CCNC(=NCC(O)COc1cccc(Cl)c1Cl)NCCCOCC1CC1.I. The van der Waals surface area contributed by atoms with Crippen molar-refractivity contribution in [2.45, 2.75) is 32.3 Å². The summed E-state index contributed by atoms with van der Waals surface area (Å²) in [4.78, 5) is 4.39. The van der Waals surface area contributed by atoms with Gasteiger partial charge in [-0.25, -0.2) is 0 Å². The van der Waals surface area contributed by atoms with Crippen LogP contribution in [0, 0.1) is 5.92 Å². The van der Waals surface area contributed by atoms with Crippen LogP contribution in [0.25, 0.3) is 0 Å². The predicted octanol–water partition coefficient (Wildman–Crippen LogP) is 3.72. The number of rotatable bonds is 12. The van der Waals surface area contributed by atoms with Gasteiger partial charge in [-0.3, -0.25) is 4.99 Å². The maximum Gasteiger partial charge on any atom is 0.191 e. The van der Waals surface area contributed by atoms with Crippen molar-refractivity contribution < 1.29 is 14.6 Å². The molecule has 0 aliphatic heterocycles. The Morgan fingerprint density at radius 2 is 2.11 bits per heavy atom. The number of hydrogen-bond acceptors (Lipinski definition) is 4. The highest BCUT2D eigenvalue weighted by atomic mass is 127. The Balaban J connectivity index is 0.00000392. The third kappa shape index (κ3) is 10.3. The highest BCUT2D eigenvalue weighted by Crippen LogP contribution is 2.31. The second-order valence-electron chi connectivity index (χ2n) is 6.54. The molecule has 0 heterocycles. The van der Waals surface area contributed by atoms with E-state index < -0.39 is 6.10 Å². The smallest absolute Gasteiger partial charge is 0.191 e. The molecule has 0 aromatic heterocycles. The lowest BCUT2D eigenvalue weighted by molar-refractivity contribution is 0.114. The van der Waals surface area contributed by atoms with Crippen LogP contribution in [0.1, 0.15) is 26.2 Å². The van der Waals surface area contributed by atoms with Gasteiger partial charge in [0.15, 0.2) is 5.96 Å². The van der Waals surface area contributed by atoms with Crippen LogP contribution < -0.4 is 15.4 Å². The minimum atomic E-state index is -0.752. The summed E-state index contributed by atoms with van der Waals surface area (Å²) < 4.78 is 11.1. The molecule has 1 aliphatic carbocycles. The summed E-state index contributed by atoms with van der Waals surface area (Å²) in [6.45, 7) is 5.44. The zero-order valence-corrected chi connectivity index (χ0v) is 20.0. The van der Waals surface area contributed by atoms with Gasteiger partial charge in [-0.05, 0) is 44.2 Å². The van der Waals surface area contributed by atoms with Crippen molar-refractivity contribution in [2.75, 3.05) is 39.5 Å². The topological polar surface area (TPSA) is 75.1 Å². The van der Waals surface area contributed by atoms with Crippen LogP contribution in [0.2, 0.25) is 10.0 Å². The van der Waals surface area contributed by atoms with Crippen LogP contribution in [0.5, 0.6) is 5.75 Å². The molecule has 3 N–H and O–H groups in total. The number of nitrogens with zero attached hydrogens (tertiary/aromatic N) is 1. The minimum absolute atomic E-state index is 0. The van der Waals surface area contributed by atoms with Crippen LogP contribution in [0.4, 0.5) is 0 Å². The highest BCUT2D eigenvalue weighted by molar-refractivity contribution is 14.0. The minimum Gasteiger partial charge on any atom is -0.489 e. The van der Waals surface area contributed by atoms with Gasteiger partial charge in [-0.2, -0.15) is 0 Å². The molecule has 6 nitrogen and oxygen atoms in total. The first kappa shape index (κ1) is 25.6. The Morgan fingerprint density at radius 1 is 1.32 bits per heavy atom. The molecule has 0 amide bonds. The Hall–Kier alpha value is -0.480. The lowest BCUT2D eigenvalue weighted by atomic mass is 10.3. The maximum absolute atomic E-state index is 10.1. The first-order chi connectivity index (χ1) is 13.1. The van der Waals surface area contributed by atoms with Crippen molar-refractivity contribution in [1.82, 2.24) is 10.6 Å². The maximum atomic E-state index is 10.1. The van der Waals surface area contributed by atoms with Crippen LogP contribution in [-0.4, -0.2) is 56.6 Å². The molecule has 2 rings (SSSR count). The third-order valence-corrected chi connectivity index (χ3v) is 4.76. The van der Waals surface area contributed by atoms with E-state index in [2.05, 4.69) is 15.6 Å². The summed E-state index contributed by atoms with van der Waals surface area (Å²) in [6, 6.07) is 5.14. The van der Waals surface area contributed by atoms with Crippen molar-refractivity contribution >= 4 is 53.1 Å². The molecule has 0 saturated heterocycles. The molecule has 1 atom stereocenters. The monoisotopic (exact) mass is 545 g/mol. The van der Waals surface area contributed by atoms with Crippen molar-refractivity contribution in [2.24, 2.45) is 10.9 Å². The summed E-state index contributed by atoms with van der Waals surface area (Å²) in [5.74, 6) is 1.91. The van der Waals surface area contributed by atoms with E-state index >= 15 is 0 Å². The average molecular weight is 546 g/mol. The summed E-state index contributed by atoms with van der Waals surface area (Å²) in [7, 11) is 0. The van der Waals surface area contributed by atoms with Crippen LogP contribution >= 0.6 is 47.2 Å². The number of guanidine groups is 1. The standard InChI is InChI=1S/C19H29Cl2N3O3.HI/c1-2-22-19(23-9-4-10-26-12-14-7-8-14)24-11-15(25)13-27-17-6-3-5-16(20)18(17)21;/h3,5-6,14-15,25H,2,4,7-13H2,1H3,(H2,22,23,24);1H. The van der Waals surface area contributed by atoms with E-state index in [1.807, 2.05) is 6.92 Å². The van der Waals surface area contributed by atoms with Crippen LogP contribution in [-0.2, 0) is 4.74 Å². The molecule has 0 radical (unpaired) electrons. The normalized spacial score (nSPS) is 14.9. The lowest BCUT2D eigenvalue weighted by Gasteiger charge is -2.14. The largest absolute Gasteiger partial charge is 0.489 e. The highest BCUT2D eigenvalue weighted by Gasteiger charge is 2.20. The van der Waals surface area contributed by atoms with E-state index in [0.29, 0.717) is 21.8 Å². The first-order valence-corrected chi connectivity index (χ1v) is 10.2. The number of aliphatic imine (C=N–C) groups is 1. The van der Waals surface area contributed by atoms with Crippen LogP contribution in [0.15, 0.2) is 23.2 Å². The Labute approximate surface area is 194 Å². The molecule has 1 unspecified atom stereocenters. The molecule has 28 heavy (non-hydrogen) atoms. The molecule has 0 bridgehead atoms. The van der Waals surface area contributed by atoms with Gasteiger partial charge in [-0.15, -0.1) is 24.0 Å². The van der Waals surface area contributed by atoms with E-state index in [1.54, 1.807) is 18.2 Å². The Kier molecular flexibility index (Phi) is 13.2. The fourth-order valence-corrected chi connectivity index (χ4v) is 2.63. The second kappa shape index (κ2) is 14.5. The molecule has 1 aromatic rings. The molecular formula is C19H30Cl2IN3O3. The van der Waals surface area contributed by atoms with Crippen LogP contribution in [0.3, 0.4) is 0 Å². The molecule has 1 aromatic carbocycles. The van der Waals surface area contributed by atoms with Crippen molar-refractivity contribution in [1.29, 1.82) is 0 Å². The summed E-state index contributed by atoms with van der Waals surface area (Å²) >= 11 is 12.0. The van der Waals surface area contributed by atoms with Gasteiger partial charge < -0.3 is 25.2 Å². The Bertz CT molecular complexity index is 604. The number of aliphatic hydroxyl groups is 1. The quantitative estimate of drug-likeness (QED) is 0.161. The summed E-state index contributed by atoms with van der Waals surface area (Å²) in [5, 5.41) is 17.3. The van der Waals surface area contributed by atoms with Gasteiger partial charge in [0.1, 0.15) is 23.5 Å². The predicted molar refractivity (Wildman–Crippen MR) is 126 cm³/mol. The summed E-state index contributed by atoms with van der Waals surface area (Å²) in [6.07, 6.45) is 2.78. The molecule has 1 aliphatic rings. The second-order valence-corrected chi connectivity index (χ2v) is 7.32. The average Bonchev–Trinajstić information content (AvgIpc) is 3.48. The lowest BCUT2D eigenvalue weighted by Crippen LogP contribution is -2.39. The number of ether oxygens (including phenoxy) is 2. The number of halogens is 3. The zero-order valence-electron chi connectivity index (χ0n) is 16.1. The molecule has 0 spiro atoms. The number of aliphatic hydroxyl groups excluding tert-OH is 1. The van der Waals surface area contributed by atoms with Gasteiger partial charge in [0, 0.05) is 26.3 Å². The first-order valence-electron chi connectivity index (χ1n) is 9.45. The molecule has 160 valence electrons. The van der Waals surface area contributed by atoms with Gasteiger partial charge in [0.25, 0.3) is 0 Å². The fourth-order valence-electron chi connectivity index (χ4n) is 2.29. The third-order valence-electron chi connectivity index (χ3n) is 3.96. The molecular weight excluding hydrogens is 516 g/mol. The number of hydrogen-bond donors (Lipinski definition) is 3. The number of benzene rings is 1. The van der Waals surface area contributed by atoms with Crippen molar-refractivity contribution in [3.05, 3.63) is 28.2 Å². The molecule has 9 heteroatoms. The summed E-state index contributed by atoms with van der Waals surface area (Å²) in [5.41, 5.74) is 0. The van der Waals surface area contributed by atoms with Gasteiger partial charge in [0.05, 0.1) is 11.6 Å². The fraction of sp³-hybridized carbons (Fsp3) is 0.632. The van der Waals surface area contributed by atoms with Gasteiger partial charge in [0.2, 0.25) is 0 Å². The zero-order chi connectivity index (χ0) is 19.5. The molecule has 1 fully saturated rings. The van der Waals surface area contributed by atoms with Gasteiger partial charge in [-0.1, -0.05) is 29.3 Å². The van der Waals surface area contributed by atoms with Gasteiger partial charge >= 0.3 is 0 Å². The van der Waals surface area contributed by atoms with Crippen molar-refractivity contribution in [3.8, 4) is 5.75 Å². The van der Waals surface area contributed by atoms with E-state index in [9.17, 15) is 5.11 Å². The van der Waals surface area contributed by atoms with Crippen molar-refractivity contribution in [3.63, 3.8) is 0 Å². The van der Waals surface area contributed by atoms with E-state index in [0.717, 1.165) is 38.6 Å². The van der Waals surface area contributed by atoms with E-state index in [1.165, 1.54) is 12.8 Å².